The Morgan fingerprint density at radius 2 is 2.10 bits per heavy atom. The maximum Gasteiger partial charge on any atom is 0.244 e. The molecule has 0 aromatic carbocycles. The van der Waals surface area contributed by atoms with E-state index >= 15 is 0 Å². The van der Waals surface area contributed by atoms with Crippen molar-refractivity contribution in [1.29, 1.82) is 0 Å². The summed E-state index contributed by atoms with van der Waals surface area (Å²) in [6.07, 6.45) is 4.65. The first-order valence-corrected chi connectivity index (χ1v) is 8.69. The van der Waals surface area contributed by atoms with E-state index < -0.39 is 10.0 Å². The van der Waals surface area contributed by atoms with Crippen LogP contribution in [0.1, 0.15) is 45.7 Å². The number of rotatable bonds is 3. The molecule has 2 bridgehead atoms. The SMILES string of the molecule is Cc1[nH]ncc1S(=O)(=O)NC1CC2CCC1(C)C2(C)C. The number of nitrogens with zero attached hydrogens (tertiary/aromatic N) is 1. The number of aryl methyl sites for hydroxylation is 1. The molecule has 2 aliphatic carbocycles. The first kappa shape index (κ1) is 14.1. The van der Waals surface area contributed by atoms with Gasteiger partial charge in [0.15, 0.2) is 0 Å². The van der Waals surface area contributed by atoms with Crippen LogP contribution < -0.4 is 4.72 Å². The van der Waals surface area contributed by atoms with E-state index in [1.807, 2.05) is 0 Å². The molecule has 112 valence electrons. The van der Waals surface area contributed by atoms with Crippen LogP contribution in [0.15, 0.2) is 11.1 Å². The van der Waals surface area contributed by atoms with Crippen LogP contribution in [0.4, 0.5) is 0 Å². The van der Waals surface area contributed by atoms with Gasteiger partial charge in [0, 0.05) is 6.04 Å². The Labute approximate surface area is 120 Å². The fourth-order valence-electron chi connectivity index (χ4n) is 4.24. The Kier molecular flexibility index (Phi) is 2.86. The smallest absolute Gasteiger partial charge is 0.244 e. The van der Waals surface area contributed by atoms with Crippen molar-refractivity contribution < 1.29 is 8.42 Å². The highest BCUT2D eigenvalue weighted by Gasteiger charge is 2.61. The normalized spacial score (nSPS) is 35.6. The summed E-state index contributed by atoms with van der Waals surface area (Å²) in [6, 6.07) is 0.0237. The van der Waals surface area contributed by atoms with Gasteiger partial charge >= 0.3 is 0 Å². The molecule has 2 N–H and O–H groups in total. The number of aromatic amines is 1. The zero-order valence-corrected chi connectivity index (χ0v) is 13.3. The maximum atomic E-state index is 12.5. The molecular formula is C14H23N3O2S. The van der Waals surface area contributed by atoms with Gasteiger partial charge in [0.05, 0.1) is 11.9 Å². The molecule has 0 saturated heterocycles. The third kappa shape index (κ3) is 1.70. The van der Waals surface area contributed by atoms with Crippen LogP contribution in [0.5, 0.6) is 0 Å². The summed E-state index contributed by atoms with van der Waals surface area (Å²) in [6.45, 7) is 8.52. The summed E-state index contributed by atoms with van der Waals surface area (Å²) in [5.41, 5.74) is 0.832. The van der Waals surface area contributed by atoms with Crippen LogP contribution in [0.3, 0.4) is 0 Å². The van der Waals surface area contributed by atoms with Crippen molar-refractivity contribution in [3.05, 3.63) is 11.9 Å². The predicted octanol–water partition coefficient (Wildman–Crippen LogP) is 2.21. The molecule has 0 spiro atoms. The average molecular weight is 297 g/mol. The minimum Gasteiger partial charge on any atom is -0.281 e. The van der Waals surface area contributed by atoms with E-state index in [0.717, 1.165) is 12.8 Å². The molecule has 3 unspecified atom stereocenters. The second-order valence-electron chi connectivity index (χ2n) is 7.14. The number of H-pyrrole nitrogens is 1. The maximum absolute atomic E-state index is 12.5. The number of hydrogen-bond donors (Lipinski definition) is 2. The molecule has 1 aromatic heterocycles. The fraction of sp³-hybridized carbons (Fsp3) is 0.786. The summed E-state index contributed by atoms with van der Waals surface area (Å²) < 4.78 is 28.0. The Bertz CT molecular complexity index is 635. The summed E-state index contributed by atoms with van der Waals surface area (Å²) in [4.78, 5) is 0.265. The first-order valence-electron chi connectivity index (χ1n) is 7.21. The lowest BCUT2D eigenvalue weighted by Crippen LogP contribution is -2.46. The number of hydrogen-bond acceptors (Lipinski definition) is 3. The molecule has 0 amide bonds. The Morgan fingerprint density at radius 1 is 1.40 bits per heavy atom. The van der Waals surface area contributed by atoms with Crippen molar-refractivity contribution >= 4 is 10.0 Å². The third-order valence-electron chi connectivity index (χ3n) is 6.16. The molecule has 2 fully saturated rings. The van der Waals surface area contributed by atoms with Crippen molar-refractivity contribution in [3.8, 4) is 0 Å². The van der Waals surface area contributed by atoms with E-state index in [0.29, 0.717) is 11.6 Å². The largest absolute Gasteiger partial charge is 0.281 e. The lowest BCUT2D eigenvalue weighted by atomic mass is 9.69. The highest BCUT2D eigenvalue weighted by atomic mass is 32.2. The predicted molar refractivity (Wildman–Crippen MR) is 76.7 cm³/mol. The van der Waals surface area contributed by atoms with E-state index in [1.165, 1.54) is 12.6 Å². The van der Waals surface area contributed by atoms with Crippen molar-refractivity contribution in [2.75, 3.05) is 0 Å². The van der Waals surface area contributed by atoms with Gasteiger partial charge < -0.3 is 0 Å². The Hall–Kier alpha value is -0.880. The quantitative estimate of drug-likeness (QED) is 0.898. The molecule has 0 radical (unpaired) electrons. The van der Waals surface area contributed by atoms with Crippen LogP contribution in [0.2, 0.25) is 0 Å². The zero-order valence-electron chi connectivity index (χ0n) is 12.5. The molecule has 3 rings (SSSR count). The molecule has 6 heteroatoms. The average Bonchev–Trinajstić information content (AvgIpc) is 2.91. The van der Waals surface area contributed by atoms with Gasteiger partial charge in [-0.1, -0.05) is 20.8 Å². The van der Waals surface area contributed by atoms with Crippen LogP contribution >= 0.6 is 0 Å². The van der Waals surface area contributed by atoms with Gasteiger partial charge in [-0.25, -0.2) is 13.1 Å². The van der Waals surface area contributed by atoms with Gasteiger partial charge in [-0.05, 0) is 42.9 Å². The molecule has 2 aliphatic rings. The Morgan fingerprint density at radius 3 is 2.55 bits per heavy atom. The topological polar surface area (TPSA) is 74.8 Å². The van der Waals surface area contributed by atoms with Crippen LogP contribution in [0.25, 0.3) is 0 Å². The van der Waals surface area contributed by atoms with E-state index in [4.69, 9.17) is 0 Å². The summed E-state index contributed by atoms with van der Waals surface area (Å²) >= 11 is 0. The molecule has 5 nitrogen and oxygen atoms in total. The van der Waals surface area contributed by atoms with Crippen molar-refractivity contribution in [2.24, 2.45) is 16.7 Å². The molecule has 20 heavy (non-hydrogen) atoms. The lowest BCUT2D eigenvalue weighted by Gasteiger charge is -2.39. The number of fused-ring (bicyclic) bond motifs is 2. The third-order valence-corrected chi connectivity index (χ3v) is 7.75. The number of nitrogens with one attached hydrogen (secondary N) is 2. The van der Waals surface area contributed by atoms with E-state index in [-0.39, 0.29) is 21.8 Å². The number of aromatic nitrogens is 2. The lowest BCUT2D eigenvalue weighted by molar-refractivity contribution is 0.130. The van der Waals surface area contributed by atoms with E-state index in [2.05, 4.69) is 35.7 Å². The molecular weight excluding hydrogens is 274 g/mol. The summed E-state index contributed by atoms with van der Waals surface area (Å²) in [7, 11) is -3.49. The molecule has 2 saturated carbocycles. The second kappa shape index (κ2) is 4.07. The van der Waals surface area contributed by atoms with Crippen molar-refractivity contribution in [1.82, 2.24) is 14.9 Å². The van der Waals surface area contributed by atoms with Gasteiger partial charge in [0.1, 0.15) is 4.90 Å². The standard InChI is InChI=1S/C14H23N3O2S/c1-9-11(8-15-16-9)20(18,19)17-12-7-10-5-6-14(12,4)13(10,2)3/h8,10,12,17H,5-7H2,1-4H3,(H,15,16). The van der Waals surface area contributed by atoms with Gasteiger partial charge in [-0.2, -0.15) is 5.10 Å². The van der Waals surface area contributed by atoms with Gasteiger partial charge in [-0.15, -0.1) is 0 Å². The van der Waals surface area contributed by atoms with Gasteiger partial charge in [0.2, 0.25) is 10.0 Å². The van der Waals surface area contributed by atoms with E-state index in [1.54, 1.807) is 6.92 Å². The highest BCUT2D eigenvalue weighted by molar-refractivity contribution is 7.89. The van der Waals surface area contributed by atoms with Crippen LogP contribution in [-0.2, 0) is 10.0 Å². The molecule has 0 aliphatic heterocycles. The van der Waals surface area contributed by atoms with Crippen LogP contribution in [0, 0.1) is 23.7 Å². The summed E-state index contributed by atoms with van der Waals surface area (Å²) in [5.74, 6) is 0.616. The Balaban J connectivity index is 1.89. The molecule has 3 atom stereocenters. The van der Waals surface area contributed by atoms with Crippen LogP contribution in [-0.4, -0.2) is 24.7 Å². The van der Waals surface area contributed by atoms with Crippen molar-refractivity contribution in [3.63, 3.8) is 0 Å². The first-order chi connectivity index (χ1) is 9.18. The zero-order chi connectivity index (χ0) is 14.8. The fourth-order valence-corrected chi connectivity index (χ4v) is 5.74. The monoisotopic (exact) mass is 297 g/mol. The molecule has 1 aromatic rings. The second-order valence-corrected chi connectivity index (χ2v) is 8.83. The van der Waals surface area contributed by atoms with E-state index in [9.17, 15) is 8.42 Å². The minimum absolute atomic E-state index is 0.0237. The highest BCUT2D eigenvalue weighted by Crippen LogP contribution is 2.65. The summed E-state index contributed by atoms with van der Waals surface area (Å²) in [5, 5.41) is 6.50. The van der Waals surface area contributed by atoms with Gasteiger partial charge in [-0.3, -0.25) is 5.10 Å². The van der Waals surface area contributed by atoms with Gasteiger partial charge in [0.25, 0.3) is 0 Å². The molecule has 1 heterocycles. The minimum atomic E-state index is -3.49. The number of sulfonamides is 1. The van der Waals surface area contributed by atoms with Crippen molar-refractivity contribution in [2.45, 2.75) is 57.9 Å².